The van der Waals surface area contributed by atoms with Crippen LogP contribution >= 0.6 is 0 Å². The second-order valence-corrected chi connectivity index (χ2v) is 12.4. The quantitative estimate of drug-likeness (QED) is 0.354. The summed E-state index contributed by atoms with van der Waals surface area (Å²) in [7, 11) is -4.08. The Morgan fingerprint density at radius 3 is 2.24 bits per heavy atom. The van der Waals surface area contributed by atoms with E-state index in [1.807, 2.05) is 61.5 Å². The minimum Gasteiger partial charge on any atom is -0.352 e. The molecule has 1 unspecified atom stereocenters. The molecule has 0 saturated heterocycles. The van der Waals surface area contributed by atoms with E-state index in [1.54, 1.807) is 0 Å². The van der Waals surface area contributed by atoms with E-state index in [4.69, 9.17) is 0 Å². The van der Waals surface area contributed by atoms with Crippen molar-refractivity contribution in [1.82, 2.24) is 10.2 Å². The van der Waals surface area contributed by atoms with E-state index in [9.17, 15) is 26.8 Å². The minimum atomic E-state index is -4.08. The predicted molar refractivity (Wildman–Crippen MR) is 155 cm³/mol. The monoisotopic (exact) mass is 583 g/mol. The van der Waals surface area contributed by atoms with E-state index in [1.165, 1.54) is 4.90 Å². The third kappa shape index (κ3) is 7.91. The molecule has 0 aromatic heterocycles. The summed E-state index contributed by atoms with van der Waals surface area (Å²) in [6, 6.07) is 18.5. The van der Waals surface area contributed by atoms with Gasteiger partial charge in [-0.3, -0.25) is 13.9 Å². The van der Waals surface area contributed by atoms with Crippen LogP contribution in [0, 0.1) is 18.6 Å². The summed E-state index contributed by atoms with van der Waals surface area (Å²) in [6.45, 7) is 1.25. The summed E-state index contributed by atoms with van der Waals surface area (Å²) in [6.07, 6.45) is 4.83. The molecule has 2 amide bonds. The zero-order valence-electron chi connectivity index (χ0n) is 23.2. The summed E-state index contributed by atoms with van der Waals surface area (Å²) >= 11 is 0. The molecule has 0 radical (unpaired) electrons. The highest BCUT2D eigenvalue weighted by molar-refractivity contribution is 7.92. The lowest BCUT2D eigenvalue weighted by molar-refractivity contribution is -0.140. The van der Waals surface area contributed by atoms with E-state index in [0.29, 0.717) is 0 Å². The number of anilines is 1. The van der Waals surface area contributed by atoms with Crippen LogP contribution in [0.1, 0.15) is 42.4 Å². The molecular formula is C31H35F2N3O4S. The summed E-state index contributed by atoms with van der Waals surface area (Å²) < 4.78 is 54.0. The standard InChI is InChI=1S/C31H35F2N3O4S/c1-22-10-6-7-13-24(22)20-35(30(37)21-36(41(2,39)40)26-16-17-27(32)28(33)19-26)29(18-23-11-4-3-5-12-23)31(38)34-25-14-8-9-15-25/h3-7,10-13,16-17,19,25,29H,8-9,14-15,18,20-21H2,1-2H3,(H,34,38). The molecule has 3 aromatic carbocycles. The minimum absolute atomic E-state index is 0.00546. The maximum Gasteiger partial charge on any atom is 0.244 e. The molecule has 1 saturated carbocycles. The zero-order chi connectivity index (χ0) is 29.6. The van der Waals surface area contributed by atoms with Gasteiger partial charge in [-0.25, -0.2) is 17.2 Å². The van der Waals surface area contributed by atoms with E-state index in [2.05, 4.69) is 5.32 Å². The number of hydrogen-bond donors (Lipinski definition) is 1. The van der Waals surface area contributed by atoms with Gasteiger partial charge in [0.25, 0.3) is 0 Å². The number of carbonyl (C=O) groups is 2. The lowest BCUT2D eigenvalue weighted by Crippen LogP contribution is -2.54. The number of nitrogens with zero attached hydrogens (tertiary/aromatic N) is 2. The first-order valence-electron chi connectivity index (χ1n) is 13.6. The summed E-state index contributed by atoms with van der Waals surface area (Å²) in [5, 5.41) is 3.11. The SMILES string of the molecule is Cc1ccccc1CN(C(=O)CN(c1ccc(F)c(F)c1)S(C)(=O)=O)C(Cc1ccccc1)C(=O)NC1CCCC1. The molecule has 7 nitrogen and oxygen atoms in total. The normalized spacial score (nSPS) is 14.4. The molecule has 1 N–H and O–H groups in total. The molecule has 1 aliphatic carbocycles. The highest BCUT2D eigenvalue weighted by atomic mass is 32.2. The molecular weight excluding hydrogens is 548 g/mol. The van der Waals surface area contributed by atoms with Crippen LogP contribution in [0.15, 0.2) is 72.8 Å². The first-order chi connectivity index (χ1) is 19.5. The van der Waals surface area contributed by atoms with Gasteiger partial charge in [-0.15, -0.1) is 0 Å². The van der Waals surface area contributed by atoms with Crippen molar-refractivity contribution in [3.63, 3.8) is 0 Å². The molecule has 1 fully saturated rings. The summed E-state index contributed by atoms with van der Waals surface area (Å²) in [5.74, 6) is -3.34. The third-order valence-electron chi connectivity index (χ3n) is 7.44. The maximum atomic E-state index is 14.1. The summed E-state index contributed by atoms with van der Waals surface area (Å²) in [4.78, 5) is 29.3. The Morgan fingerprint density at radius 1 is 0.951 bits per heavy atom. The molecule has 218 valence electrons. The fraction of sp³-hybridized carbons (Fsp3) is 0.355. The number of halogens is 2. The number of hydrogen-bond acceptors (Lipinski definition) is 4. The number of carbonyl (C=O) groups excluding carboxylic acids is 2. The number of amides is 2. The van der Waals surface area contributed by atoms with Gasteiger partial charge >= 0.3 is 0 Å². The van der Waals surface area contributed by atoms with Crippen molar-refractivity contribution in [3.05, 3.63) is 101 Å². The van der Waals surface area contributed by atoms with Crippen LogP contribution in [0.2, 0.25) is 0 Å². The van der Waals surface area contributed by atoms with Crippen molar-refractivity contribution >= 4 is 27.5 Å². The van der Waals surface area contributed by atoms with Crippen LogP contribution in [0.4, 0.5) is 14.5 Å². The van der Waals surface area contributed by atoms with Crippen molar-refractivity contribution in [2.45, 2.75) is 57.7 Å². The number of benzene rings is 3. The van der Waals surface area contributed by atoms with Gasteiger partial charge in [0, 0.05) is 25.1 Å². The van der Waals surface area contributed by atoms with E-state index >= 15 is 0 Å². The number of aryl methyl sites for hydroxylation is 1. The maximum absolute atomic E-state index is 14.1. The molecule has 10 heteroatoms. The average Bonchev–Trinajstić information content (AvgIpc) is 3.44. The van der Waals surface area contributed by atoms with Gasteiger partial charge in [-0.05, 0) is 48.6 Å². The molecule has 1 aliphatic rings. The highest BCUT2D eigenvalue weighted by Gasteiger charge is 2.34. The van der Waals surface area contributed by atoms with Crippen LogP contribution < -0.4 is 9.62 Å². The van der Waals surface area contributed by atoms with Gasteiger partial charge in [-0.1, -0.05) is 67.4 Å². The molecule has 1 atom stereocenters. The van der Waals surface area contributed by atoms with Crippen molar-refractivity contribution in [2.75, 3.05) is 17.1 Å². The molecule has 3 aromatic rings. The van der Waals surface area contributed by atoms with Crippen molar-refractivity contribution in [1.29, 1.82) is 0 Å². The van der Waals surface area contributed by atoms with Crippen LogP contribution in [0.5, 0.6) is 0 Å². The Hall–Kier alpha value is -3.79. The first-order valence-corrected chi connectivity index (χ1v) is 15.5. The third-order valence-corrected chi connectivity index (χ3v) is 8.59. The predicted octanol–water partition coefficient (Wildman–Crippen LogP) is 4.74. The van der Waals surface area contributed by atoms with Gasteiger partial charge in [0.1, 0.15) is 12.6 Å². The number of sulfonamides is 1. The molecule has 41 heavy (non-hydrogen) atoms. The Bertz CT molecular complexity index is 1480. The number of nitrogens with one attached hydrogen (secondary N) is 1. The van der Waals surface area contributed by atoms with Crippen molar-refractivity contribution in [3.8, 4) is 0 Å². The Labute approximate surface area is 240 Å². The molecule has 4 rings (SSSR count). The Morgan fingerprint density at radius 2 is 1.61 bits per heavy atom. The van der Waals surface area contributed by atoms with Gasteiger partial charge < -0.3 is 10.2 Å². The van der Waals surface area contributed by atoms with E-state index < -0.39 is 40.2 Å². The fourth-order valence-corrected chi connectivity index (χ4v) is 5.99. The largest absolute Gasteiger partial charge is 0.352 e. The van der Waals surface area contributed by atoms with E-state index in [-0.39, 0.29) is 30.6 Å². The Balaban J connectivity index is 1.74. The lowest BCUT2D eigenvalue weighted by atomic mass is 10.0. The van der Waals surface area contributed by atoms with Gasteiger partial charge in [0.2, 0.25) is 21.8 Å². The Kier molecular flexibility index (Phi) is 9.75. The van der Waals surface area contributed by atoms with Crippen LogP contribution in [0.25, 0.3) is 0 Å². The number of rotatable bonds is 11. The molecule has 0 spiro atoms. The second-order valence-electron chi connectivity index (χ2n) is 10.5. The second kappa shape index (κ2) is 13.2. The average molecular weight is 584 g/mol. The molecule has 0 aliphatic heterocycles. The van der Waals surface area contributed by atoms with Gasteiger partial charge in [0.15, 0.2) is 11.6 Å². The topological polar surface area (TPSA) is 86.8 Å². The van der Waals surface area contributed by atoms with Crippen LogP contribution in [0.3, 0.4) is 0 Å². The summed E-state index contributed by atoms with van der Waals surface area (Å²) in [5.41, 5.74) is 2.35. The van der Waals surface area contributed by atoms with Crippen LogP contribution in [-0.4, -0.2) is 50.0 Å². The smallest absolute Gasteiger partial charge is 0.244 e. The van der Waals surface area contributed by atoms with Crippen molar-refractivity contribution in [2.24, 2.45) is 0 Å². The fourth-order valence-electron chi connectivity index (χ4n) is 5.15. The van der Waals surface area contributed by atoms with Crippen LogP contribution in [-0.2, 0) is 32.6 Å². The van der Waals surface area contributed by atoms with E-state index in [0.717, 1.165) is 71.1 Å². The molecule has 0 heterocycles. The van der Waals surface area contributed by atoms with Gasteiger partial charge in [-0.2, -0.15) is 0 Å². The molecule has 0 bridgehead atoms. The van der Waals surface area contributed by atoms with Gasteiger partial charge in [0.05, 0.1) is 11.9 Å². The lowest BCUT2D eigenvalue weighted by Gasteiger charge is -2.34. The highest BCUT2D eigenvalue weighted by Crippen LogP contribution is 2.24. The first kappa shape index (κ1) is 30.2. The zero-order valence-corrected chi connectivity index (χ0v) is 24.0. The van der Waals surface area contributed by atoms with Crippen molar-refractivity contribution < 1.29 is 26.8 Å².